The minimum atomic E-state index is -0.0103. The van der Waals surface area contributed by atoms with E-state index in [9.17, 15) is 0 Å². The van der Waals surface area contributed by atoms with Gasteiger partial charge in [0, 0.05) is 9.86 Å². The van der Waals surface area contributed by atoms with Crippen LogP contribution in [0, 0.1) is 0 Å². The molecule has 0 amide bonds. The van der Waals surface area contributed by atoms with E-state index in [0.29, 0.717) is 0 Å². The van der Waals surface area contributed by atoms with Crippen molar-refractivity contribution < 1.29 is 0 Å². The molecule has 0 spiro atoms. The van der Waals surface area contributed by atoms with Gasteiger partial charge in [-0.1, -0.05) is 52.3 Å². The summed E-state index contributed by atoms with van der Waals surface area (Å²) in [7, 11) is 0. The van der Waals surface area contributed by atoms with E-state index in [4.69, 9.17) is 10.8 Å². The van der Waals surface area contributed by atoms with Gasteiger partial charge in [0.25, 0.3) is 0 Å². The molecule has 0 radical (unpaired) electrons. The van der Waals surface area contributed by atoms with Crippen molar-refractivity contribution in [1.82, 2.24) is 10.4 Å². The minimum absolute atomic E-state index is 0.0103. The van der Waals surface area contributed by atoms with Crippen LogP contribution in [-0.2, 0) is 6.42 Å². The molecule has 0 fully saturated rings. The first-order chi connectivity index (χ1) is 10.3. The average molecular weight is 342 g/mol. The smallest absolute Gasteiger partial charge is 0.0706 e. The first-order valence-electron chi connectivity index (χ1n) is 6.82. The highest BCUT2D eigenvalue weighted by molar-refractivity contribution is 9.10. The van der Waals surface area contributed by atoms with E-state index >= 15 is 0 Å². The Balaban J connectivity index is 1.90. The SMILES string of the molecule is NNC(Cc1cccc(Br)c1)c1ccc2ccccc2n1. The molecule has 1 atom stereocenters. The highest BCUT2D eigenvalue weighted by atomic mass is 79.9. The van der Waals surface area contributed by atoms with Crippen LogP contribution in [0.4, 0.5) is 0 Å². The third-order valence-electron chi connectivity index (χ3n) is 3.51. The number of fused-ring (bicyclic) bond motifs is 1. The quantitative estimate of drug-likeness (QED) is 0.561. The summed E-state index contributed by atoms with van der Waals surface area (Å²) in [6.45, 7) is 0. The van der Waals surface area contributed by atoms with Crippen molar-refractivity contribution in [3.05, 3.63) is 76.4 Å². The zero-order valence-electron chi connectivity index (χ0n) is 11.5. The molecule has 4 heteroatoms. The lowest BCUT2D eigenvalue weighted by atomic mass is 10.0. The lowest BCUT2D eigenvalue weighted by Crippen LogP contribution is -2.30. The first-order valence-corrected chi connectivity index (χ1v) is 7.62. The van der Waals surface area contributed by atoms with Gasteiger partial charge >= 0.3 is 0 Å². The number of halogens is 1. The van der Waals surface area contributed by atoms with E-state index in [2.05, 4.69) is 45.6 Å². The van der Waals surface area contributed by atoms with Gasteiger partial charge < -0.3 is 0 Å². The molecule has 3 rings (SSSR count). The molecular formula is C17H16BrN3. The number of nitrogens with zero attached hydrogens (tertiary/aromatic N) is 1. The number of nitrogens with one attached hydrogen (secondary N) is 1. The average Bonchev–Trinajstić information content (AvgIpc) is 2.52. The zero-order valence-corrected chi connectivity index (χ0v) is 13.0. The number of benzene rings is 2. The van der Waals surface area contributed by atoms with Crippen LogP contribution in [0.15, 0.2) is 65.1 Å². The molecule has 0 aliphatic rings. The van der Waals surface area contributed by atoms with Crippen molar-refractivity contribution in [3.63, 3.8) is 0 Å². The Bertz CT molecular complexity index is 758. The maximum absolute atomic E-state index is 5.73. The van der Waals surface area contributed by atoms with Crippen molar-refractivity contribution >= 4 is 26.8 Å². The largest absolute Gasteiger partial charge is 0.271 e. The normalized spacial score (nSPS) is 12.5. The molecule has 21 heavy (non-hydrogen) atoms. The molecule has 0 saturated carbocycles. The van der Waals surface area contributed by atoms with Crippen LogP contribution in [0.2, 0.25) is 0 Å². The Kier molecular flexibility index (Phi) is 4.29. The van der Waals surface area contributed by atoms with Gasteiger partial charge in [-0.05, 0) is 36.2 Å². The molecule has 2 aromatic carbocycles. The van der Waals surface area contributed by atoms with E-state index in [-0.39, 0.29) is 6.04 Å². The molecule has 0 aliphatic heterocycles. The van der Waals surface area contributed by atoms with E-state index < -0.39 is 0 Å². The predicted molar refractivity (Wildman–Crippen MR) is 89.7 cm³/mol. The summed E-state index contributed by atoms with van der Waals surface area (Å²) in [5.41, 5.74) is 6.03. The third-order valence-corrected chi connectivity index (χ3v) is 4.00. The van der Waals surface area contributed by atoms with Crippen LogP contribution >= 0.6 is 15.9 Å². The Hall–Kier alpha value is -1.75. The fraction of sp³-hybridized carbons (Fsp3) is 0.118. The Labute approximate surface area is 132 Å². The van der Waals surface area contributed by atoms with Gasteiger partial charge in [0.2, 0.25) is 0 Å². The molecular weight excluding hydrogens is 326 g/mol. The summed E-state index contributed by atoms with van der Waals surface area (Å²) >= 11 is 3.50. The lowest BCUT2D eigenvalue weighted by molar-refractivity contribution is 0.540. The molecule has 3 nitrogen and oxygen atoms in total. The monoisotopic (exact) mass is 341 g/mol. The van der Waals surface area contributed by atoms with E-state index in [1.807, 2.05) is 36.4 Å². The second kappa shape index (κ2) is 6.35. The van der Waals surface area contributed by atoms with Gasteiger partial charge in [0.1, 0.15) is 0 Å². The van der Waals surface area contributed by atoms with Crippen LogP contribution in [0.3, 0.4) is 0 Å². The molecule has 1 heterocycles. The van der Waals surface area contributed by atoms with Crippen LogP contribution in [0.5, 0.6) is 0 Å². The van der Waals surface area contributed by atoms with Gasteiger partial charge in [0.15, 0.2) is 0 Å². The van der Waals surface area contributed by atoms with E-state index in [0.717, 1.165) is 27.5 Å². The number of hydrogen-bond acceptors (Lipinski definition) is 3. The highest BCUT2D eigenvalue weighted by Gasteiger charge is 2.12. The molecule has 0 saturated heterocycles. The lowest BCUT2D eigenvalue weighted by Gasteiger charge is -2.16. The summed E-state index contributed by atoms with van der Waals surface area (Å²) in [5.74, 6) is 5.73. The number of hydrogen-bond donors (Lipinski definition) is 2. The van der Waals surface area contributed by atoms with E-state index in [1.54, 1.807) is 0 Å². The van der Waals surface area contributed by atoms with Gasteiger partial charge in [-0.25, -0.2) is 0 Å². The molecule has 0 aliphatic carbocycles. The predicted octanol–water partition coefficient (Wildman–Crippen LogP) is 3.74. The maximum atomic E-state index is 5.73. The van der Waals surface area contributed by atoms with Crippen LogP contribution < -0.4 is 11.3 Å². The van der Waals surface area contributed by atoms with E-state index in [1.165, 1.54) is 5.56 Å². The number of rotatable bonds is 4. The third kappa shape index (κ3) is 3.29. The van der Waals surface area contributed by atoms with Gasteiger partial charge in [-0.3, -0.25) is 16.3 Å². The second-order valence-electron chi connectivity index (χ2n) is 4.98. The number of hydrazine groups is 1. The number of para-hydroxylation sites is 1. The van der Waals surface area contributed by atoms with Gasteiger partial charge in [0.05, 0.1) is 17.3 Å². The molecule has 1 aromatic heterocycles. The van der Waals surface area contributed by atoms with Crippen LogP contribution in [0.1, 0.15) is 17.3 Å². The summed E-state index contributed by atoms with van der Waals surface area (Å²) in [6.07, 6.45) is 0.793. The maximum Gasteiger partial charge on any atom is 0.0706 e. The number of nitrogens with two attached hydrogens (primary N) is 1. The van der Waals surface area contributed by atoms with Crippen molar-refractivity contribution in [2.75, 3.05) is 0 Å². The number of pyridine rings is 1. The zero-order chi connectivity index (χ0) is 14.7. The fourth-order valence-corrected chi connectivity index (χ4v) is 2.87. The molecule has 3 aromatic rings. The van der Waals surface area contributed by atoms with Crippen molar-refractivity contribution in [1.29, 1.82) is 0 Å². The van der Waals surface area contributed by atoms with Gasteiger partial charge in [-0.15, -0.1) is 0 Å². The molecule has 106 valence electrons. The Morgan fingerprint density at radius 1 is 1.05 bits per heavy atom. The van der Waals surface area contributed by atoms with Crippen molar-refractivity contribution in [2.45, 2.75) is 12.5 Å². The van der Waals surface area contributed by atoms with Gasteiger partial charge in [-0.2, -0.15) is 0 Å². The second-order valence-corrected chi connectivity index (χ2v) is 5.90. The molecule has 1 unspecified atom stereocenters. The fourth-order valence-electron chi connectivity index (χ4n) is 2.42. The summed E-state index contributed by atoms with van der Waals surface area (Å²) in [5, 5.41) is 1.14. The van der Waals surface area contributed by atoms with Crippen molar-refractivity contribution in [3.8, 4) is 0 Å². The van der Waals surface area contributed by atoms with Crippen LogP contribution in [-0.4, -0.2) is 4.98 Å². The molecule has 0 bridgehead atoms. The standard InChI is InChI=1S/C17H16BrN3/c18-14-6-3-4-12(10-14)11-17(21-19)16-9-8-13-5-1-2-7-15(13)20-16/h1-10,17,21H,11,19H2. The summed E-state index contributed by atoms with van der Waals surface area (Å²) in [6, 6.07) is 20.4. The van der Waals surface area contributed by atoms with Crippen molar-refractivity contribution in [2.24, 2.45) is 5.84 Å². The Morgan fingerprint density at radius 2 is 1.90 bits per heavy atom. The van der Waals surface area contributed by atoms with Crippen LogP contribution in [0.25, 0.3) is 10.9 Å². The summed E-state index contributed by atoms with van der Waals surface area (Å²) < 4.78 is 1.07. The Morgan fingerprint density at radius 3 is 2.71 bits per heavy atom. The highest BCUT2D eigenvalue weighted by Crippen LogP contribution is 2.21. The minimum Gasteiger partial charge on any atom is -0.271 e. The molecule has 3 N–H and O–H groups in total. The first kappa shape index (κ1) is 14.2. The topological polar surface area (TPSA) is 50.9 Å². The number of aromatic nitrogens is 1. The summed E-state index contributed by atoms with van der Waals surface area (Å²) in [4.78, 5) is 4.71.